The smallest absolute Gasteiger partial charge is 0.0955 e. The standard InChI is InChI=1S/C12H18N4O/c1-15(7-10(17)6-13)9-3-4-12-11(5-9)14-8-16(12)2/h3-5,8,10,17H,6-7,13H2,1-2H3. The van der Waals surface area contributed by atoms with Crippen molar-refractivity contribution in [1.82, 2.24) is 9.55 Å². The second-order valence-electron chi connectivity index (χ2n) is 4.30. The predicted octanol–water partition coefficient (Wildman–Crippen LogP) is 0.329. The molecule has 92 valence electrons. The third-order valence-corrected chi connectivity index (χ3v) is 2.91. The van der Waals surface area contributed by atoms with Crippen LogP contribution in [0.2, 0.25) is 0 Å². The molecule has 1 aromatic heterocycles. The first-order chi connectivity index (χ1) is 8.11. The summed E-state index contributed by atoms with van der Waals surface area (Å²) in [5.41, 5.74) is 8.49. The Balaban J connectivity index is 2.24. The van der Waals surface area contributed by atoms with Crippen molar-refractivity contribution in [3.8, 4) is 0 Å². The van der Waals surface area contributed by atoms with Crippen molar-refractivity contribution in [3.05, 3.63) is 24.5 Å². The summed E-state index contributed by atoms with van der Waals surface area (Å²) >= 11 is 0. The van der Waals surface area contributed by atoms with E-state index in [1.165, 1.54) is 0 Å². The molecule has 1 aromatic carbocycles. The SMILES string of the molecule is CN(CC(O)CN)c1ccc2c(c1)ncn2C. The van der Waals surface area contributed by atoms with Crippen LogP contribution in [0.5, 0.6) is 0 Å². The maximum absolute atomic E-state index is 9.52. The molecule has 3 N–H and O–H groups in total. The van der Waals surface area contributed by atoms with E-state index in [9.17, 15) is 5.11 Å². The number of likely N-dealkylation sites (N-methyl/N-ethyl adjacent to an activating group) is 1. The second kappa shape index (κ2) is 4.73. The first kappa shape index (κ1) is 11.9. The minimum absolute atomic E-state index is 0.274. The van der Waals surface area contributed by atoms with Gasteiger partial charge in [-0.05, 0) is 18.2 Å². The summed E-state index contributed by atoms with van der Waals surface area (Å²) in [5, 5.41) is 9.52. The predicted molar refractivity (Wildman–Crippen MR) is 69.0 cm³/mol. The van der Waals surface area contributed by atoms with Crippen LogP contribution in [-0.4, -0.2) is 40.9 Å². The first-order valence-corrected chi connectivity index (χ1v) is 5.62. The molecule has 2 aromatic rings. The number of aliphatic hydroxyl groups is 1. The highest BCUT2D eigenvalue weighted by atomic mass is 16.3. The van der Waals surface area contributed by atoms with Crippen LogP contribution >= 0.6 is 0 Å². The zero-order chi connectivity index (χ0) is 12.4. The highest BCUT2D eigenvalue weighted by Gasteiger charge is 2.08. The number of nitrogens with zero attached hydrogens (tertiary/aromatic N) is 3. The highest BCUT2D eigenvalue weighted by Crippen LogP contribution is 2.20. The van der Waals surface area contributed by atoms with Crippen molar-refractivity contribution in [2.45, 2.75) is 6.10 Å². The molecule has 0 saturated carbocycles. The van der Waals surface area contributed by atoms with E-state index >= 15 is 0 Å². The van der Waals surface area contributed by atoms with Gasteiger partial charge in [0, 0.05) is 32.9 Å². The van der Waals surface area contributed by atoms with Gasteiger partial charge in [-0.2, -0.15) is 0 Å². The molecule has 0 bridgehead atoms. The fourth-order valence-corrected chi connectivity index (χ4v) is 1.86. The van der Waals surface area contributed by atoms with Crippen LogP contribution < -0.4 is 10.6 Å². The third kappa shape index (κ3) is 2.40. The van der Waals surface area contributed by atoms with Gasteiger partial charge in [0.05, 0.1) is 23.5 Å². The molecule has 1 heterocycles. The first-order valence-electron chi connectivity index (χ1n) is 5.62. The van der Waals surface area contributed by atoms with E-state index in [0.29, 0.717) is 6.54 Å². The molecular formula is C12H18N4O. The quantitative estimate of drug-likeness (QED) is 0.800. The largest absolute Gasteiger partial charge is 0.390 e. The fraction of sp³-hybridized carbons (Fsp3) is 0.417. The minimum atomic E-state index is -0.501. The summed E-state index contributed by atoms with van der Waals surface area (Å²) in [6, 6.07) is 6.06. The summed E-state index contributed by atoms with van der Waals surface area (Å²) in [6.45, 7) is 0.797. The van der Waals surface area contributed by atoms with Crippen molar-refractivity contribution in [2.24, 2.45) is 12.8 Å². The van der Waals surface area contributed by atoms with Crippen molar-refractivity contribution >= 4 is 16.7 Å². The van der Waals surface area contributed by atoms with Gasteiger partial charge in [-0.1, -0.05) is 0 Å². The van der Waals surface area contributed by atoms with Crippen LogP contribution in [0, 0.1) is 0 Å². The van der Waals surface area contributed by atoms with Crippen LogP contribution in [0.15, 0.2) is 24.5 Å². The molecule has 0 aliphatic rings. The average molecular weight is 234 g/mol. The topological polar surface area (TPSA) is 67.3 Å². The minimum Gasteiger partial charge on any atom is -0.390 e. The molecule has 0 saturated heterocycles. The lowest BCUT2D eigenvalue weighted by molar-refractivity contribution is 0.189. The fourth-order valence-electron chi connectivity index (χ4n) is 1.86. The van der Waals surface area contributed by atoms with Gasteiger partial charge in [-0.3, -0.25) is 0 Å². The molecule has 17 heavy (non-hydrogen) atoms. The number of aliphatic hydroxyl groups excluding tert-OH is 1. The molecule has 1 unspecified atom stereocenters. The van der Waals surface area contributed by atoms with E-state index < -0.39 is 6.10 Å². The van der Waals surface area contributed by atoms with Crippen LogP contribution in [0.4, 0.5) is 5.69 Å². The summed E-state index contributed by atoms with van der Waals surface area (Å²) in [6.07, 6.45) is 1.29. The van der Waals surface area contributed by atoms with E-state index in [1.54, 1.807) is 6.33 Å². The zero-order valence-corrected chi connectivity index (χ0v) is 10.2. The molecule has 2 rings (SSSR count). The maximum Gasteiger partial charge on any atom is 0.0955 e. The summed E-state index contributed by atoms with van der Waals surface area (Å²) < 4.78 is 1.98. The van der Waals surface area contributed by atoms with Gasteiger partial charge in [0.1, 0.15) is 0 Å². The lowest BCUT2D eigenvalue weighted by atomic mass is 10.2. The number of hydrogen-bond acceptors (Lipinski definition) is 4. The Morgan fingerprint density at radius 2 is 2.29 bits per heavy atom. The number of nitrogens with two attached hydrogens (primary N) is 1. The Morgan fingerprint density at radius 1 is 1.53 bits per heavy atom. The Morgan fingerprint density at radius 3 is 3.00 bits per heavy atom. The molecular weight excluding hydrogens is 216 g/mol. The molecule has 0 aliphatic heterocycles. The number of aryl methyl sites for hydroxylation is 1. The third-order valence-electron chi connectivity index (χ3n) is 2.91. The lowest BCUT2D eigenvalue weighted by Gasteiger charge is -2.21. The Hall–Kier alpha value is -1.59. The summed E-state index contributed by atoms with van der Waals surface area (Å²) in [7, 11) is 3.90. The monoisotopic (exact) mass is 234 g/mol. The number of benzene rings is 1. The average Bonchev–Trinajstić information content (AvgIpc) is 2.70. The van der Waals surface area contributed by atoms with Crippen LogP contribution in [0.3, 0.4) is 0 Å². The molecule has 1 atom stereocenters. The normalized spacial score (nSPS) is 12.9. The van der Waals surface area contributed by atoms with Crippen molar-refractivity contribution in [1.29, 1.82) is 0 Å². The van der Waals surface area contributed by atoms with Crippen molar-refractivity contribution < 1.29 is 5.11 Å². The van der Waals surface area contributed by atoms with E-state index in [0.717, 1.165) is 16.7 Å². The Bertz CT molecular complexity index is 508. The number of anilines is 1. The van der Waals surface area contributed by atoms with Crippen molar-refractivity contribution in [3.63, 3.8) is 0 Å². The van der Waals surface area contributed by atoms with Crippen molar-refractivity contribution in [2.75, 3.05) is 25.0 Å². The second-order valence-corrected chi connectivity index (χ2v) is 4.30. The Labute approximate surface area is 100 Å². The number of hydrogen-bond donors (Lipinski definition) is 2. The van der Waals surface area contributed by atoms with Gasteiger partial charge >= 0.3 is 0 Å². The molecule has 0 radical (unpaired) electrons. The number of aromatic nitrogens is 2. The van der Waals surface area contributed by atoms with Crippen LogP contribution in [0.1, 0.15) is 0 Å². The van der Waals surface area contributed by atoms with E-state index in [-0.39, 0.29) is 6.54 Å². The van der Waals surface area contributed by atoms with E-state index in [1.807, 2.05) is 41.8 Å². The van der Waals surface area contributed by atoms with Gasteiger partial charge in [-0.15, -0.1) is 0 Å². The molecule has 0 spiro atoms. The molecule has 0 amide bonds. The highest BCUT2D eigenvalue weighted by molar-refractivity contribution is 5.79. The Kier molecular flexibility index (Phi) is 3.31. The van der Waals surface area contributed by atoms with E-state index in [2.05, 4.69) is 4.98 Å². The number of imidazole rings is 1. The van der Waals surface area contributed by atoms with Crippen LogP contribution in [0.25, 0.3) is 11.0 Å². The summed E-state index contributed by atoms with van der Waals surface area (Å²) in [4.78, 5) is 6.29. The lowest BCUT2D eigenvalue weighted by Crippen LogP contribution is -2.34. The summed E-state index contributed by atoms with van der Waals surface area (Å²) in [5.74, 6) is 0. The number of fused-ring (bicyclic) bond motifs is 1. The van der Waals surface area contributed by atoms with Gasteiger partial charge < -0.3 is 20.3 Å². The van der Waals surface area contributed by atoms with Gasteiger partial charge in [0.2, 0.25) is 0 Å². The number of rotatable bonds is 4. The van der Waals surface area contributed by atoms with E-state index in [4.69, 9.17) is 5.73 Å². The van der Waals surface area contributed by atoms with Crippen LogP contribution in [-0.2, 0) is 7.05 Å². The molecule has 5 nitrogen and oxygen atoms in total. The maximum atomic E-state index is 9.52. The molecule has 5 heteroatoms. The van der Waals surface area contributed by atoms with Gasteiger partial charge in [0.15, 0.2) is 0 Å². The van der Waals surface area contributed by atoms with Gasteiger partial charge in [-0.25, -0.2) is 4.98 Å². The molecule has 0 aliphatic carbocycles. The molecule has 0 fully saturated rings. The van der Waals surface area contributed by atoms with Gasteiger partial charge in [0.25, 0.3) is 0 Å². The zero-order valence-electron chi connectivity index (χ0n) is 10.2.